The molecule has 1 heterocycles. The number of hydrogen-bond acceptors (Lipinski definition) is 1. The van der Waals surface area contributed by atoms with Crippen LogP contribution in [-0.4, -0.2) is 0 Å². The molecule has 3 heteroatoms. The van der Waals surface area contributed by atoms with Crippen molar-refractivity contribution >= 4 is 43.0 Å². The molecule has 0 spiro atoms. The summed E-state index contributed by atoms with van der Waals surface area (Å²) >= 11 is 3.82. The SMILES string of the molecule is Brc1ccccc1N1c2ccccc2S(c2ccccc2)(c2ccccc2)c2ccccc21. The fourth-order valence-electron chi connectivity index (χ4n) is 4.84. The molecule has 160 valence electrons. The third-order valence-corrected chi connectivity index (χ3v) is 10.8. The van der Waals surface area contributed by atoms with Gasteiger partial charge in [0.25, 0.3) is 0 Å². The summed E-state index contributed by atoms with van der Waals surface area (Å²) in [5, 5.41) is 0. The summed E-state index contributed by atoms with van der Waals surface area (Å²) in [6.45, 7) is 0. The largest absolute Gasteiger partial charge is 0.307 e. The Morgan fingerprint density at radius 3 is 1.30 bits per heavy atom. The fraction of sp³-hybridized carbons (Fsp3) is 0. The first-order valence-electron chi connectivity index (χ1n) is 11.0. The highest BCUT2D eigenvalue weighted by Crippen LogP contribution is 2.79. The molecule has 0 N–H and O–H groups in total. The van der Waals surface area contributed by atoms with Crippen LogP contribution in [0.1, 0.15) is 0 Å². The van der Waals surface area contributed by atoms with Crippen LogP contribution in [0.2, 0.25) is 0 Å². The lowest BCUT2D eigenvalue weighted by atomic mass is 10.2. The van der Waals surface area contributed by atoms with Crippen LogP contribution >= 0.6 is 26.0 Å². The summed E-state index contributed by atoms with van der Waals surface area (Å²) in [7, 11) is -1.68. The van der Waals surface area contributed by atoms with E-state index in [2.05, 4.69) is 154 Å². The maximum Gasteiger partial charge on any atom is 0.0604 e. The van der Waals surface area contributed by atoms with Crippen LogP contribution in [0.3, 0.4) is 0 Å². The minimum Gasteiger partial charge on any atom is -0.307 e. The summed E-state index contributed by atoms with van der Waals surface area (Å²) in [6.07, 6.45) is 0. The van der Waals surface area contributed by atoms with Crippen LogP contribution < -0.4 is 4.90 Å². The molecule has 33 heavy (non-hydrogen) atoms. The minimum atomic E-state index is -1.68. The van der Waals surface area contributed by atoms with Crippen LogP contribution in [0, 0.1) is 0 Å². The number of nitrogens with zero attached hydrogens (tertiary/aromatic N) is 1. The molecule has 1 nitrogen and oxygen atoms in total. The molecule has 1 aliphatic rings. The van der Waals surface area contributed by atoms with Crippen LogP contribution in [0.15, 0.2) is 158 Å². The van der Waals surface area contributed by atoms with Crippen LogP contribution in [-0.2, 0) is 0 Å². The number of hydrogen-bond donors (Lipinski definition) is 0. The van der Waals surface area contributed by atoms with E-state index in [0.29, 0.717) is 0 Å². The Balaban J connectivity index is 1.79. The van der Waals surface area contributed by atoms with Gasteiger partial charge in [0, 0.05) is 24.1 Å². The minimum absolute atomic E-state index is 1.08. The van der Waals surface area contributed by atoms with Gasteiger partial charge in [-0.3, -0.25) is 0 Å². The summed E-state index contributed by atoms with van der Waals surface area (Å²) in [4.78, 5) is 7.82. The third-order valence-electron chi connectivity index (χ3n) is 6.16. The van der Waals surface area contributed by atoms with Crippen molar-refractivity contribution in [3.63, 3.8) is 0 Å². The van der Waals surface area contributed by atoms with Gasteiger partial charge in [0.15, 0.2) is 0 Å². The van der Waals surface area contributed by atoms with E-state index in [0.717, 1.165) is 10.2 Å². The van der Waals surface area contributed by atoms with Crippen molar-refractivity contribution < 1.29 is 0 Å². The molecule has 0 unspecified atom stereocenters. The van der Waals surface area contributed by atoms with Crippen LogP contribution in [0.4, 0.5) is 17.1 Å². The van der Waals surface area contributed by atoms with Crippen molar-refractivity contribution in [3.05, 3.63) is 138 Å². The van der Waals surface area contributed by atoms with Gasteiger partial charge >= 0.3 is 0 Å². The van der Waals surface area contributed by atoms with Gasteiger partial charge in [-0.25, -0.2) is 0 Å². The molecule has 0 saturated heterocycles. The van der Waals surface area contributed by atoms with E-state index in [4.69, 9.17) is 0 Å². The maximum absolute atomic E-state index is 3.82. The number of fused-ring (bicyclic) bond motifs is 2. The van der Waals surface area contributed by atoms with E-state index in [1.807, 2.05) is 0 Å². The Morgan fingerprint density at radius 2 is 0.818 bits per heavy atom. The second-order valence-corrected chi connectivity index (χ2v) is 11.9. The zero-order chi connectivity index (χ0) is 22.3. The molecule has 0 amide bonds. The molecule has 0 saturated carbocycles. The summed E-state index contributed by atoms with van der Waals surface area (Å²) in [5.41, 5.74) is 3.60. The van der Waals surface area contributed by atoms with Crippen LogP contribution in [0.25, 0.3) is 0 Å². The standard InChI is InChI=1S/C30H22BrNS/c31-25-17-7-8-18-26(25)32-27-19-9-11-21-29(27)33(23-13-3-1-4-14-23,24-15-5-2-6-16-24)30-22-12-10-20-28(30)32/h1-22H. The average Bonchev–Trinajstić information content (AvgIpc) is 2.89. The Kier molecular flexibility index (Phi) is 5.09. The van der Waals surface area contributed by atoms with Crippen molar-refractivity contribution in [3.8, 4) is 0 Å². The van der Waals surface area contributed by atoms with Crippen molar-refractivity contribution in [1.29, 1.82) is 0 Å². The van der Waals surface area contributed by atoms with Gasteiger partial charge in [-0.2, -0.15) is 0 Å². The monoisotopic (exact) mass is 507 g/mol. The summed E-state index contributed by atoms with van der Waals surface area (Å²) < 4.78 is 1.08. The highest BCUT2D eigenvalue weighted by Gasteiger charge is 2.42. The third kappa shape index (κ3) is 3.07. The second-order valence-electron chi connectivity index (χ2n) is 7.96. The molecular weight excluding hydrogens is 486 g/mol. The normalized spacial score (nSPS) is 14.8. The smallest absolute Gasteiger partial charge is 0.0604 e. The molecule has 0 atom stereocenters. The van der Waals surface area contributed by atoms with E-state index in [1.54, 1.807) is 0 Å². The predicted octanol–water partition coefficient (Wildman–Crippen LogP) is 9.57. The molecule has 0 aromatic heterocycles. The van der Waals surface area contributed by atoms with Gasteiger partial charge in [-0.05, 0) is 76.6 Å². The summed E-state index contributed by atoms with van der Waals surface area (Å²) in [6, 6.07) is 48.4. The van der Waals surface area contributed by atoms with Gasteiger partial charge in [0.05, 0.1) is 17.1 Å². The Hall–Kier alpha value is -3.27. The first-order valence-corrected chi connectivity index (χ1v) is 13.4. The first kappa shape index (κ1) is 20.3. The highest BCUT2D eigenvalue weighted by molar-refractivity contribution is 9.10. The molecule has 0 bridgehead atoms. The maximum atomic E-state index is 3.82. The van der Waals surface area contributed by atoms with Crippen molar-refractivity contribution in [2.24, 2.45) is 0 Å². The van der Waals surface area contributed by atoms with Gasteiger partial charge in [-0.1, -0.05) is 72.8 Å². The Bertz CT molecular complexity index is 1340. The molecule has 0 aliphatic carbocycles. The van der Waals surface area contributed by atoms with Crippen molar-refractivity contribution in [2.75, 3.05) is 4.90 Å². The lowest BCUT2D eigenvalue weighted by Crippen LogP contribution is -2.21. The van der Waals surface area contributed by atoms with Gasteiger partial charge in [0.2, 0.25) is 0 Å². The number of rotatable bonds is 3. The molecule has 0 radical (unpaired) electrons. The Morgan fingerprint density at radius 1 is 0.424 bits per heavy atom. The fourth-order valence-corrected chi connectivity index (χ4v) is 9.46. The predicted molar refractivity (Wildman–Crippen MR) is 142 cm³/mol. The highest BCUT2D eigenvalue weighted by atomic mass is 79.9. The first-order chi connectivity index (χ1) is 16.3. The Labute approximate surface area is 204 Å². The molecule has 6 rings (SSSR count). The zero-order valence-electron chi connectivity index (χ0n) is 17.9. The number of halogens is 1. The topological polar surface area (TPSA) is 3.24 Å². The van der Waals surface area contributed by atoms with E-state index in [1.165, 1.54) is 31.0 Å². The molecular formula is C30H22BrNS. The van der Waals surface area contributed by atoms with E-state index >= 15 is 0 Å². The zero-order valence-corrected chi connectivity index (χ0v) is 20.3. The molecule has 5 aromatic rings. The lowest BCUT2D eigenvalue weighted by molar-refractivity contribution is 1.12. The number of anilines is 3. The quantitative estimate of drug-likeness (QED) is 0.230. The van der Waals surface area contributed by atoms with Gasteiger partial charge in [-0.15, -0.1) is 10.0 Å². The molecule has 1 aliphatic heterocycles. The van der Waals surface area contributed by atoms with E-state index in [-0.39, 0.29) is 0 Å². The van der Waals surface area contributed by atoms with Gasteiger partial charge in [0.1, 0.15) is 0 Å². The molecule has 0 fully saturated rings. The number of para-hydroxylation sites is 3. The van der Waals surface area contributed by atoms with Crippen LogP contribution in [0.5, 0.6) is 0 Å². The number of benzene rings is 5. The molecule has 5 aromatic carbocycles. The lowest BCUT2D eigenvalue weighted by Gasteiger charge is -2.50. The van der Waals surface area contributed by atoms with E-state index < -0.39 is 10.0 Å². The van der Waals surface area contributed by atoms with Gasteiger partial charge < -0.3 is 4.90 Å². The van der Waals surface area contributed by atoms with E-state index in [9.17, 15) is 0 Å². The van der Waals surface area contributed by atoms with Crippen molar-refractivity contribution in [1.82, 2.24) is 0 Å². The second kappa shape index (κ2) is 8.26. The average molecular weight is 508 g/mol. The summed E-state index contributed by atoms with van der Waals surface area (Å²) in [5.74, 6) is 0. The van der Waals surface area contributed by atoms with Crippen molar-refractivity contribution in [2.45, 2.75) is 19.6 Å².